The second kappa shape index (κ2) is 7.45. The molecule has 6 heteroatoms. The summed E-state index contributed by atoms with van der Waals surface area (Å²) in [6.07, 6.45) is 7.19. The van der Waals surface area contributed by atoms with Gasteiger partial charge in [-0.1, -0.05) is 31.0 Å². The summed E-state index contributed by atoms with van der Waals surface area (Å²) >= 11 is 1.35. The topological polar surface area (TPSA) is 70.5 Å². The van der Waals surface area contributed by atoms with Crippen LogP contribution in [-0.2, 0) is 4.79 Å². The summed E-state index contributed by atoms with van der Waals surface area (Å²) in [5.41, 5.74) is 0.157. The molecule has 1 aliphatic rings. The molecule has 0 aliphatic heterocycles. The molecule has 1 saturated carbocycles. The van der Waals surface area contributed by atoms with Crippen molar-refractivity contribution in [3.63, 3.8) is 0 Å². The zero-order chi connectivity index (χ0) is 15.2. The van der Waals surface area contributed by atoms with Crippen LogP contribution in [0.15, 0.2) is 23.4 Å². The van der Waals surface area contributed by atoms with Gasteiger partial charge < -0.3 is 10.0 Å². The fourth-order valence-corrected chi connectivity index (χ4v) is 3.27. The van der Waals surface area contributed by atoms with Crippen LogP contribution >= 0.6 is 11.8 Å². The quantitative estimate of drug-likeness (QED) is 0.847. The van der Waals surface area contributed by atoms with Gasteiger partial charge in [0.15, 0.2) is 0 Å². The van der Waals surface area contributed by atoms with Gasteiger partial charge in [0.25, 0.3) is 0 Å². The number of hydrogen-bond acceptors (Lipinski definition) is 4. The lowest BCUT2D eigenvalue weighted by atomic mass is 9.94. The Morgan fingerprint density at radius 2 is 2.05 bits per heavy atom. The van der Waals surface area contributed by atoms with Crippen LogP contribution in [0, 0.1) is 0 Å². The summed E-state index contributed by atoms with van der Waals surface area (Å²) in [6.45, 7) is 0. The number of rotatable bonds is 5. The third-order valence-electron chi connectivity index (χ3n) is 3.84. The second-order valence-corrected chi connectivity index (χ2v) is 6.27. The molecule has 0 spiro atoms. The molecular weight excluding hydrogens is 288 g/mol. The normalized spacial score (nSPS) is 15.7. The van der Waals surface area contributed by atoms with E-state index in [1.807, 2.05) is 11.9 Å². The van der Waals surface area contributed by atoms with Gasteiger partial charge in [-0.25, -0.2) is 9.78 Å². The van der Waals surface area contributed by atoms with Crippen LogP contribution < -0.4 is 0 Å². The van der Waals surface area contributed by atoms with Crippen LogP contribution in [0.2, 0.25) is 0 Å². The Balaban J connectivity index is 1.83. The third kappa shape index (κ3) is 4.46. The first-order valence-electron chi connectivity index (χ1n) is 7.15. The number of pyridine rings is 1. The first-order valence-corrected chi connectivity index (χ1v) is 8.14. The monoisotopic (exact) mass is 308 g/mol. The predicted octanol–water partition coefficient (Wildman–Crippen LogP) is 2.66. The largest absolute Gasteiger partial charge is 0.478 e. The highest BCUT2D eigenvalue weighted by Crippen LogP contribution is 2.23. The van der Waals surface area contributed by atoms with E-state index in [9.17, 15) is 9.59 Å². The second-order valence-electron chi connectivity index (χ2n) is 5.28. The van der Waals surface area contributed by atoms with Crippen molar-refractivity contribution >= 4 is 23.6 Å². The minimum Gasteiger partial charge on any atom is -0.478 e. The zero-order valence-electron chi connectivity index (χ0n) is 12.1. The zero-order valence-corrected chi connectivity index (χ0v) is 12.9. The van der Waals surface area contributed by atoms with Crippen molar-refractivity contribution in [3.05, 3.63) is 23.9 Å². The molecule has 1 fully saturated rings. The van der Waals surface area contributed by atoms with Gasteiger partial charge in [0.2, 0.25) is 5.91 Å². The van der Waals surface area contributed by atoms with Crippen LogP contribution in [0.3, 0.4) is 0 Å². The van der Waals surface area contributed by atoms with E-state index in [0.29, 0.717) is 16.8 Å². The Morgan fingerprint density at radius 3 is 2.62 bits per heavy atom. The van der Waals surface area contributed by atoms with E-state index < -0.39 is 5.97 Å². The molecule has 0 unspecified atom stereocenters. The molecule has 1 aromatic rings. The van der Waals surface area contributed by atoms with Crippen molar-refractivity contribution in [1.82, 2.24) is 9.88 Å². The number of aromatic carboxylic acids is 1. The standard InChI is InChI=1S/C15H20N2O3S/c1-17(12-5-3-2-4-6-12)14(18)10-21-13-8-7-11(9-16-13)15(19)20/h7-9,12H,2-6,10H2,1H3,(H,19,20). The number of hydrogen-bond donors (Lipinski definition) is 1. The third-order valence-corrected chi connectivity index (χ3v) is 4.77. The average molecular weight is 308 g/mol. The van der Waals surface area contributed by atoms with Crippen LogP contribution in [-0.4, -0.2) is 45.7 Å². The van der Waals surface area contributed by atoms with E-state index in [0.717, 1.165) is 12.8 Å². The van der Waals surface area contributed by atoms with Gasteiger partial charge in [-0.2, -0.15) is 0 Å². The van der Waals surface area contributed by atoms with Crippen molar-refractivity contribution in [3.8, 4) is 0 Å². The van der Waals surface area contributed by atoms with Gasteiger partial charge in [-0.15, -0.1) is 0 Å². The molecule has 1 aliphatic carbocycles. The molecule has 1 heterocycles. The number of carbonyl (C=O) groups is 2. The van der Waals surface area contributed by atoms with Crippen molar-refractivity contribution in [2.45, 2.75) is 43.2 Å². The van der Waals surface area contributed by atoms with E-state index in [2.05, 4.69) is 4.98 Å². The summed E-state index contributed by atoms with van der Waals surface area (Å²) in [4.78, 5) is 28.8. The van der Waals surface area contributed by atoms with E-state index in [4.69, 9.17) is 5.11 Å². The van der Waals surface area contributed by atoms with Crippen LogP contribution in [0.25, 0.3) is 0 Å². The number of aromatic nitrogens is 1. The molecule has 1 N–H and O–H groups in total. The maximum Gasteiger partial charge on any atom is 0.337 e. The molecule has 1 aromatic heterocycles. The Hall–Kier alpha value is -1.56. The molecule has 0 bridgehead atoms. The van der Waals surface area contributed by atoms with E-state index in [1.165, 1.54) is 43.3 Å². The summed E-state index contributed by atoms with van der Waals surface area (Å²) < 4.78 is 0. The van der Waals surface area contributed by atoms with Crippen molar-refractivity contribution in [2.75, 3.05) is 12.8 Å². The summed E-state index contributed by atoms with van der Waals surface area (Å²) in [5.74, 6) is -0.546. The summed E-state index contributed by atoms with van der Waals surface area (Å²) in [6, 6.07) is 3.52. The maximum absolute atomic E-state index is 12.2. The molecule has 21 heavy (non-hydrogen) atoms. The lowest BCUT2D eigenvalue weighted by Crippen LogP contribution is -2.39. The van der Waals surface area contributed by atoms with E-state index in [1.54, 1.807) is 6.07 Å². The summed E-state index contributed by atoms with van der Waals surface area (Å²) in [7, 11) is 1.87. The highest BCUT2D eigenvalue weighted by Gasteiger charge is 2.21. The number of thioether (sulfide) groups is 1. The highest BCUT2D eigenvalue weighted by atomic mass is 32.2. The average Bonchev–Trinajstić information content (AvgIpc) is 2.53. The van der Waals surface area contributed by atoms with E-state index in [-0.39, 0.29) is 11.5 Å². The molecule has 0 saturated heterocycles. The Bertz CT molecular complexity index is 498. The van der Waals surface area contributed by atoms with E-state index >= 15 is 0 Å². The van der Waals surface area contributed by atoms with Crippen molar-refractivity contribution in [1.29, 1.82) is 0 Å². The molecule has 1 amide bonds. The molecular formula is C15H20N2O3S. The molecule has 0 aromatic carbocycles. The Kier molecular flexibility index (Phi) is 5.61. The molecule has 5 nitrogen and oxygen atoms in total. The molecule has 0 atom stereocenters. The summed E-state index contributed by atoms with van der Waals surface area (Å²) in [5, 5.41) is 9.47. The number of carbonyl (C=O) groups excluding carboxylic acids is 1. The van der Waals surface area contributed by atoms with Gasteiger partial charge in [-0.05, 0) is 25.0 Å². The maximum atomic E-state index is 12.2. The number of carboxylic acids is 1. The lowest BCUT2D eigenvalue weighted by molar-refractivity contribution is -0.129. The van der Waals surface area contributed by atoms with Gasteiger partial charge in [0, 0.05) is 19.3 Å². The van der Waals surface area contributed by atoms with Crippen molar-refractivity contribution in [2.24, 2.45) is 0 Å². The predicted molar refractivity (Wildman–Crippen MR) is 81.6 cm³/mol. The SMILES string of the molecule is CN(C(=O)CSc1ccc(C(=O)O)cn1)C1CCCCC1. The van der Waals surface area contributed by atoms with Gasteiger partial charge >= 0.3 is 5.97 Å². The number of amides is 1. The molecule has 114 valence electrons. The van der Waals surface area contributed by atoms with Gasteiger partial charge in [0.05, 0.1) is 16.3 Å². The first kappa shape index (κ1) is 15.8. The highest BCUT2D eigenvalue weighted by molar-refractivity contribution is 7.99. The van der Waals surface area contributed by atoms with Crippen LogP contribution in [0.1, 0.15) is 42.5 Å². The number of nitrogens with zero attached hydrogens (tertiary/aromatic N) is 2. The minimum atomic E-state index is -0.993. The molecule has 0 radical (unpaired) electrons. The van der Waals surface area contributed by atoms with Crippen LogP contribution in [0.4, 0.5) is 0 Å². The molecule has 2 rings (SSSR count). The van der Waals surface area contributed by atoms with Crippen molar-refractivity contribution < 1.29 is 14.7 Å². The Morgan fingerprint density at radius 1 is 1.33 bits per heavy atom. The number of carboxylic acid groups (broad SMARTS) is 1. The van der Waals surface area contributed by atoms with Gasteiger partial charge in [0.1, 0.15) is 0 Å². The first-order chi connectivity index (χ1) is 10.1. The van der Waals surface area contributed by atoms with Crippen LogP contribution in [0.5, 0.6) is 0 Å². The smallest absolute Gasteiger partial charge is 0.337 e. The fourth-order valence-electron chi connectivity index (χ4n) is 2.50. The lowest BCUT2D eigenvalue weighted by Gasteiger charge is -2.31. The minimum absolute atomic E-state index is 0.107. The fraction of sp³-hybridized carbons (Fsp3) is 0.533. The van der Waals surface area contributed by atoms with Gasteiger partial charge in [-0.3, -0.25) is 4.79 Å². The Labute approximate surface area is 128 Å².